The zero-order chi connectivity index (χ0) is 8.91. The van der Waals surface area contributed by atoms with Crippen molar-refractivity contribution in [3.63, 3.8) is 0 Å². The maximum absolute atomic E-state index is 11.0. The summed E-state index contributed by atoms with van der Waals surface area (Å²) in [5.41, 5.74) is 0. The number of rotatable bonds is 4. The second kappa shape index (κ2) is 4.14. The fourth-order valence-electron chi connectivity index (χ4n) is 0.527. The van der Waals surface area contributed by atoms with Crippen LogP contribution in [-0.2, 0) is 9.84 Å². The van der Waals surface area contributed by atoms with Crippen LogP contribution in [0.15, 0.2) is 11.5 Å². The minimum atomic E-state index is -3.33. The highest BCUT2D eigenvalue weighted by Gasteiger charge is 2.13. The fraction of sp³-hybridized carbons (Fsp3) is 0.571. The number of unbranched alkanes of at least 4 members (excludes halogenated alkanes) is 1. The molecular formula is C7H11NO2S. The molecule has 0 amide bonds. The average molecular weight is 173 g/mol. The number of nitriles is 1. The van der Waals surface area contributed by atoms with Gasteiger partial charge in [0.15, 0.2) is 9.84 Å². The Morgan fingerprint density at radius 2 is 2.18 bits per heavy atom. The monoisotopic (exact) mass is 173 g/mol. The summed E-state index contributed by atoms with van der Waals surface area (Å²) in [7, 11) is -3.33. The third kappa shape index (κ3) is 3.19. The van der Waals surface area contributed by atoms with E-state index in [1.54, 1.807) is 0 Å². The first kappa shape index (κ1) is 10.2. The number of hydrogen-bond donors (Lipinski definition) is 0. The van der Waals surface area contributed by atoms with Gasteiger partial charge >= 0.3 is 0 Å². The maximum Gasteiger partial charge on any atom is 0.187 e. The van der Waals surface area contributed by atoms with Gasteiger partial charge in [-0.2, -0.15) is 5.26 Å². The molecule has 0 radical (unpaired) electrons. The van der Waals surface area contributed by atoms with E-state index >= 15 is 0 Å². The van der Waals surface area contributed by atoms with Crippen molar-refractivity contribution in [1.29, 1.82) is 5.26 Å². The molecule has 0 aliphatic rings. The lowest BCUT2D eigenvalue weighted by molar-refractivity contribution is 0.600. The van der Waals surface area contributed by atoms with Crippen LogP contribution in [0.25, 0.3) is 0 Å². The highest BCUT2D eigenvalue weighted by Crippen LogP contribution is 2.05. The minimum absolute atomic E-state index is 0.0376. The first-order chi connectivity index (χ1) is 5.04. The Hall–Kier alpha value is -0.820. The molecular weight excluding hydrogens is 162 g/mol. The molecule has 62 valence electrons. The third-order valence-corrected chi connectivity index (χ3v) is 2.93. The van der Waals surface area contributed by atoms with Gasteiger partial charge < -0.3 is 0 Å². The molecule has 0 aliphatic carbocycles. The van der Waals surface area contributed by atoms with Crippen molar-refractivity contribution >= 4 is 9.84 Å². The van der Waals surface area contributed by atoms with E-state index in [-0.39, 0.29) is 10.7 Å². The maximum atomic E-state index is 11.0. The Kier molecular flexibility index (Phi) is 3.83. The van der Waals surface area contributed by atoms with Crippen LogP contribution < -0.4 is 0 Å². The summed E-state index contributed by atoms with van der Waals surface area (Å²) in [5.74, 6) is 0.0376. The molecule has 0 atom stereocenters. The summed E-state index contributed by atoms with van der Waals surface area (Å²) in [6.07, 6.45) is 1.39. The van der Waals surface area contributed by atoms with E-state index in [0.717, 1.165) is 6.42 Å². The Labute approximate surface area is 67.3 Å². The van der Waals surface area contributed by atoms with Crippen LogP contribution in [-0.4, -0.2) is 14.2 Å². The molecule has 0 fully saturated rings. The number of sulfone groups is 1. The van der Waals surface area contributed by atoms with E-state index in [4.69, 9.17) is 5.26 Å². The third-order valence-electron chi connectivity index (χ3n) is 1.27. The molecule has 0 N–H and O–H groups in total. The van der Waals surface area contributed by atoms with Crippen molar-refractivity contribution in [3.8, 4) is 6.07 Å². The standard InChI is InChI=1S/C7H11NO2S/c1-3-4-5-11(9,10)7(2)6-8/h2-5H2,1H3. The fourth-order valence-corrected chi connectivity index (χ4v) is 1.58. The lowest BCUT2D eigenvalue weighted by Crippen LogP contribution is -2.06. The molecule has 0 rings (SSSR count). The molecule has 0 heterocycles. The molecule has 3 nitrogen and oxygen atoms in total. The molecule has 0 bridgehead atoms. The molecule has 4 heteroatoms. The van der Waals surface area contributed by atoms with Crippen molar-refractivity contribution in [2.45, 2.75) is 19.8 Å². The highest BCUT2D eigenvalue weighted by molar-refractivity contribution is 7.95. The molecule has 0 aromatic rings. The average Bonchev–Trinajstić information content (AvgIpc) is 1.99. The molecule has 0 aliphatic heterocycles. The molecule has 0 aromatic carbocycles. The van der Waals surface area contributed by atoms with E-state index in [1.807, 2.05) is 6.92 Å². The molecule has 0 spiro atoms. The molecule has 0 saturated heterocycles. The van der Waals surface area contributed by atoms with Gasteiger partial charge in [-0.05, 0) is 6.42 Å². The Morgan fingerprint density at radius 1 is 1.64 bits per heavy atom. The van der Waals surface area contributed by atoms with Gasteiger partial charge in [-0.1, -0.05) is 19.9 Å². The van der Waals surface area contributed by atoms with Gasteiger partial charge in [0, 0.05) is 0 Å². The summed E-state index contributed by atoms with van der Waals surface area (Å²) in [6, 6.07) is 1.53. The normalized spacial score (nSPS) is 10.5. The van der Waals surface area contributed by atoms with E-state index in [1.165, 1.54) is 6.07 Å². The van der Waals surface area contributed by atoms with Crippen LogP contribution in [0.2, 0.25) is 0 Å². The van der Waals surface area contributed by atoms with Crippen LogP contribution in [0, 0.1) is 11.3 Å². The van der Waals surface area contributed by atoms with Gasteiger partial charge in [-0.25, -0.2) is 8.42 Å². The lowest BCUT2D eigenvalue weighted by Gasteiger charge is -1.97. The summed E-state index contributed by atoms with van der Waals surface area (Å²) in [5, 5.41) is 8.24. The van der Waals surface area contributed by atoms with Gasteiger partial charge in [0.1, 0.15) is 11.0 Å². The Bertz CT molecular complexity index is 271. The van der Waals surface area contributed by atoms with Crippen LogP contribution >= 0.6 is 0 Å². The van der Waals surface area contributed by atoms with E-state index in [9.17, 15) is 8.42 Å². The first-order valence-electron chi connectivity index (χ1n) is 3.36. The van der Waals surface area contributed by atoms with Gasteiger partial charge in [-0.15, -0.1) is 0 Å². The number of hydrogen-bond acceptors (Lipinski definition) is 3. The van der Waals surface area contributed by atoms with Crippen LogP contribution in [0.3, 0.4) is 0 Å². The van der Waals surface area contributed by atoms with Gasteiger partial charge in [0.25, 0.3) is 0 Å². The van der Waals surface area contributed by atoms with Crippen molar-refractivity contribution in [2.24, 2.45) is 0 Å². The molecule has 0 saturated carbocycles. The number of nitrogens with zero attached hydrogens (tertiary/aromatic N) is 1. The van der Waals surface area contributed by atoms with Crippen molar-refractivity contribution in [2.75, 3.05) is 5.75 Å². The Balaban J connectivity index is 4.28. The van der Waals surface area contributed by atoms with Crippen LogP contribution in [0.4, 0.5) is 0 Å². The van der Waals surface area contributed by atoms with E-state index < -0.39 is 9.84 Å². The minimum Gasteiger partial charge on any atom is -0.223 e. The SMILES string of the molecule is C=C(C#N)S(=O)(=O)CCCC. The quantitative estimate of drug-likeness (QED) is 0.601. The molecule has 11 heavy (non-hydrogen) atoms. The highest BCUT2D eigenvalue weighted by atomic mass is 32.2. The predicted molar refractivity (Wildman–Crippen MR) is 43.4 cm³/mol. The van der Waals surface area contributed by atoms with E-state index in [0.29, 0.717) is 6.42 Å². The van der Waals surface area contributed by atoms with Crippen molar-refractivity contribution in [3.05, 3.63) is 11.5 Å². The Morgan fingerprint density at radius 3 is 2.55 bits per heavy atom. The lowest BCUT2D eigenvalue weighted by atomic mass is 10.4. The number of allylic oxidation sites excluding steroid dienone is 1. The summed E-state index contributed by atoms with van der Waals surface area (Å²) >= 11 is 0. The second-order valence-corrected chi connectivity index (χ2v) is 4.34. The van der Waals surface area contributed by atoms with Gasteiger partial charge in [0.05, 0.1) is 5.75 Å². The first-order valence-corrected chi connectivity index (χ1v) is 5.01. The summed E-state index contributed by atoms with van der Waals surface area (Å²) < 4.78 is 22.0. The zero-order valence-electron chi connectivity index (χ0n) is 6.50. The van der Waals surface area contributed by atoms with Crippen molar-refractivity contribution in [1.82, 2.24) is 0 Å². The van der Waals surface area contributed by atoms with Gasteiger partial charge in [-0.3, -0.25) is 0 Å². The summed E-state index contributed by atoms with van der Waals surface area (Å²) in [6.45, 7) is 5.04. The zero-order valence-corrected chi connectivity index (χ0v) is 7.32. The largest absolute Gasteiger partial charge is 0.223 e. The predicted octanol–water partition coefficient (Wildman–Crippen LogP) is 1.24. The molecule has 0 unspecified atom stereocenters. The topological polar surface area (TPSA) is 57.9 Å². The molecule has 0 aromatic heterocycles. The van der Waals surface area contributed by atoms with E-state index in [2.05, 4.69) is 6.58 Å². The summed E-state index contributed by atoms with van der Waals surface area (Å²) in [4.78, 5) is -0.328. The van der Waals surface area contributed by atoms with Crippen LogP contribution in [0.5, 0.6) is 0 Å². The van der Waals surface area contributed by atoms with Crippen molar-refractivity contribution < 1.29 is 8.42 Å². The smallest absolute Gasteiger partial charge is 0.187 e. The van der Waals surface area contributed by atoms with Crippen LogP contribution in [0.1, 0.15) is 19.8 Å². The second-order valence-electron chi connectivity index (χ2n) is 2.21. The van der Waals surface area contributed by atoms with Gasteiger partial charge in [0.2, 0.25) is 0 Å².